The summed E-state index contributed by atoms with van der Waals surface area (Å²) < 4.78 is 1.11. The molecule has 0 radical (unpaired) electrons. The molecule has 1 aliphatic rings. The van der Waals surface area contributed by atoms with Gasteiger partial charge in [0.1, 0.15) is 5.82 Å². The third-order valence-corrected chi connectivity index (χ3v) is 5.67. The Bertz CT molecular complexity index is 1040. The van der Waals surface area contributed by atoms with Gasteiger partial charge in [0.15, 0.2) is 0 Å². The van der Waals surface area contributed by atoms with Crippen LogP contribution in [0.3, 0.4) is 0 Å². The summed E-state index contributed by atoms with van der Waals surface area (Å²) >= 11 is 3.64. The van der Waals surface area contributed by atoms with Crippen molar-refractivity contribution in [3.05, 3.63) is 79.7 Å². The lowest BCUT2D eigenvalue weighted by Gasteiger charge is -2.28. The van der Waals surface area contributed by atoms with E-state index in [1.165, 1.54) is 11.1 Å². The molecule has 4 rings (SSSR count). The quantitative estimate of drug-likeness (QED) is 0.629. The highest BCUT2D eigenvalue weighted by molar-refractivity contribution is 9.10. The van der Waals surface area contributed by atoms with Crippen LogP contribution in [0, 0.1) is 6.92 Å². The molecule has 6 heteroatoms. The Hall–Kier alpha value is -2.44. The van der Waals surface area contributed by atoms with Crippen LogP contribution in [0.4, 0.5) is 5.69 Å². The number of H-pyrrole nitrogens is 1. The molecule has 0 fully saturated rings. The Kier molecular flexibility index (Phi) is 4.85. The molecule has 138 valence electrons. The summed E-state index contributed by atoms with van der Waals surface area (Å²) in [6, 6.07) is 13.8. The SMILES string of the molecule is Cc1ccc(CN2CCc3nc(-c4ccc(N)cc4)[nH]c(=O)c3C2)c(Br)c1. The van der Waals surface area contributed by atoms with Gasteiger partial charge < -0.3 is 10.7 Å². The van der Waals surface area contributed by atoms with E-state index in [-0.39, 0.29) is 5.56 Å². The van der Waals surface area contributed by atoms with Crippen LogP contribution in [0.25, 0.3) is 11.4 Å². The second-order valence-electron chi connectivity index (χ2n) is 7.02. The Labute approximate surface area is 166 Å². The molecule has 2 heterocycles. The number of fused-ring (bicyclic) bond motifs is 1. The van der Waals surface area contributed by atoms with Crippen molar-refractivity contribution < 1.29 is 0 Å². The van der Waals surface area contributed by atoms with E-state index in [0.717, 1.165) is 40.8 Å². The fraction of sp³-hybridized carbons (Fsp3) is 0.238. The van der Waals surface area contributed by atoms with Crippen LogP contribution in [0.15, 0.2) is 51.7 Å². The van der Waals surface area contributed by atoms with Gasteiger partial charge in [-0.05, 0) is 48.4 Å². The molecule has 3 N–H and O–H groups in total. The lowest BCUT2D eigenvalue weighted by Crippen LogP contribution is -2.35. The molecule has 0 spiro atoms. The maximum atomic E-state index is 12.7. The third kappa shape index (κ3) is 3.82. The van der Waals surface area contributed by atoms with E-state index >= 15 is 0 Å². The number of hydrogen-bond donors (Lipinski definition) is 2. The normalized spacial score (nSPS) is 14.1. The molecular formula is C21H21BrN4O. The molecule has 0 unspecified atom stereocenters. The van der Waals surface area contributed by atoms with Crippen LogP contribution in [-0.4, -0.2) is 21.4 Å². The van der Waals surface area contributed by atoms with Crippen LogP contribution in [-0.2, 0) is 19.5 Å². The van der Waals surface area contributed by atoms with Crippen molar-refractivity contribution in [2.24, 2.45) is 0 Å². The molecule has 0 atom stereocenters. The average molecular weight is 425 g/mol. The minimum Gasteiger partial charge on any atom is -0.399 e. The number of aryl methyl sites for hydroxylation is 1. The third-order valence-electron chi connectivity index (χ3n) is 4.93. The highest BCUT2D eigenvalue weighted by atomic mass is 79.9. The molecule has 2 aromatic carbocycles. The number of nitrogens with zero attached hydrogens (tertiary/aromatic N) is 2. The van der Waals surface area contributed by atoms with Crippen LogP contribution in [0.1, 0.15) is 22.4 Å². The monoisotopic (exact) mass is 424 g/mol. The zero-order valence-electron chi connectivity index (χ0n) is 15.1. The van der Waals surface area contributed by atoms with E-state index in [0.29, 0.717) is 18.1 Å². The molecule has 0 amide bonds. The van der Waals surface area contributed by atoms with Crippen LogP contribution < -0.4 is 11.3 Å². The molecule has 3 aromatic rings. The van der Waals surface area contributed by atoms with Crippen molar-refractivity contribution in [3.63, 3.8) is 0 Å². The molecule has 1 aliphatic heterocycles. The average Bonchev–Trinajstić information content (AvgIpc) is 2.65. The summed E-state index contributed by atoms with van der Waals surface area (Å²) in [5, 5.41) is 0. The molecular weight excluding hydrogens is 404 g/mol. The number of hydrogen-bond acceptors (Lipinski definition) is 4. The van der Waals surface area contributed by atoms with Gasteiger partial charge in [0, 0.05) is 41.8 Å². The molecule has 5 nitrogen and oxygen atoms in total. The standard InChI is InChI=1S/C21H21BrN4O/c1-13-2-3-15(18(22)10-13)11-26-9-8-19-17(12-26)21(27)25-20(24-19)14-4-6-16(23)7-5-14/h2-7,10H,8-9,11-12,23H2,1H3,(H,24,25,27). The number of anilines is 1. The zero-order valence-corrected chi connectivity index (χ0v) is 16.7. The Morgan fingerprint density at radius 1 is 1.22 bits per heavy atom. The number of nitrogen functional groups attached to an aromatic ring is 1. The van der Waals surface area contributed by atoms with Crippen LogP contribution >= 0.6 is 15.9 Å². The summed E-state index contributed by atoms with van der Waals surface area (Å²) in [6.45, 7) is 4.37. The number of nitrogens with one attached hydrogen (secondary N) is 1. The summed E-state index contributed by atoms with van der Waals surface area (Å²) in [4.78, 5) is 22.6. The second-order valence-corrected chi connectivity index (χ2v) is 7.87. The van der Waals surface area contributed by atoms with Gasteiger partial charge >= 0.3 is 0 Å². The van der Waals surface area contributed by atoms with Crippen molar-refractivity contribution in [1.82, 2.24) is 14.9 Å². The Morgan fingerprint density at radius 2 is 2.00 bits per heavy atom. The van der Waals surface area contributed by atoms with E-state index in [2.05, 4.69) is 50.9 Å². The fourth-order valence-corrected chi connectivity index (χ4v) is 4.03. The highest BCUT2D eigenvalue weighted by Crippen LogP contribution is 2.24. The van der Waals surface area contributed by atoms with E-state index < -0.39 is 0 Å². The zero-order chi connectivity index (χ0) is 19.0. The second kappa shape index (κ2) is 7.29. The minimum absolute atomic E-state index is 0.0560. The number of aromatic amines is 1. The minimum atomic E-state index is -0.0560. The van der Waals surface area contributed by atoms with Crippen LogP contribution in [0.2, 0.25) is 0 Å². The summed E-state index contributed by atoms with van der Waals surface area (Å²) in [5.74, 6) is 0.605. The number of rotatable bonds is 3. The molecule has 1 aromatic heterocycles. The van der Waals surface area contributed by atoms with Crippen LogP contribution in [0.5, 0.6) is 0 Å². The van der Waals surface area contributed by atoms with Gasteiger partial charge in [0.2, 0.25) is 0 Å². The summed E-state index contributed by atoms with van der Waals surface area (Å²) in [7, 11) is 0. The van der Waals surface area contributed by atoms with Crippen molar-refractivity contribution in [3.8, 4) is 11.4 Å². The lowest BCUT2D eigenvalue weighted by atomic mass is 10.0. The van der Waals surface area contributed by atoms with Gasteiger partial charge in [-0.1, -0.05) is 28.1 Å². The predicted octanol–water partition coefficient (Wildman–Crippen LogP) is 3.65. The molecule has 0 aliphatic carbocycles. The topological polar surface area (TPSA) is 75.0 Å². The fourth-order valence-electron chi connectivity index (χ4n) is 3.42. The van der Waals surface area contributed by atoms with Crippen molar-refractivity contribution in [2.45, 2.75) is 26.4 Å². The number of benzene rings is 2. The first-order valence-corrected chi connectivity index (χ1v) is 9.74. The smallest absolute Gasteiger partial charge is 0.255 e. The van der Waals surface area contributed by atoms with E-state index in [4.69, 9.17) is 10.7 Å². The molecule has 0 bridgehead atoms. The molecule has 0 saturated carbocycles. The first-order chi connectivity index (χ1) is 13.0. The first kappa shape index (κ1) is 17.9. The highest BCUT2D eigenvalue weighted by Gasteiger charge is 2.22. The van der Waals surface area contributed by atoms with Crippen molar-refractivity contribution in [2.75, 3.05) is 12.3 Å². The van der Waals surface area contributed by atoms with E-state index in [1.54, 1.807) is 0 Å². The predicted molar refractivity (Wildman–Crippen MR) is 111 cm³/mol. The number of aromatic nitrogens is 2. The lowest BCUT2D eigenvalue weighted by molar-refractivity contribution is 0.241. The van der Waals surface area contributed by atoms with Gasteiger partial charge in [-0.15, -0.1) is 0 Å². The van der Waals surface area contributed by atoms with Gasteiger partial charge in [-0.3, -0.25) is 9.69 Å². The number of halogens is 1. The van der Waals surface area contributed by atoms with Gasteiger partial charge in [-0.2, -0.15) is 0 Å². The van der Waals surface area contributed by atoms with Crippen molar-refractivity contribution in [1.29, 1.82) is 0 Å². The maximum Gasteiger partial charge on any atom is 0.255 e. The molecule has 0 saturated heterocycles. The summed E-state index contributed by atoms with van der Waals surface area (Å²) in [6.07, 6.45) is 0.769. The first-order valence-electron chi connectivity index (χ1n) is 8.95. The largest absolute Gasteiger partial charge is 0.399 e. The maximum absolute atomic E-state index is 12.7. The van der Waals surface area contributed by atoms with Crippen molar-refractivity contribution >= 4 is 21.6 Å². The Balaban J connectivity index is 1.58. The van der Waals surface area contributed by atoms with E-state index in [1.807, 2.05) is 24.3 Å². The Morgan fingerprint density at radius 3 is 2.74 bits per heavy atom. The molecule has 27 heavy (non-hydrogen) atoms. The van der Waals surface area contributed by atoms with E-state index in [9.17, 15) is 4.79 Å². The van der Waals surface area contributed by atoms with Gasteiger partial charge in [0.25, 0.3) is 5.56 Å². The van der Waals surface area contributed by atoms with Gasteiger partial charge in [0.05, 0.1) is 11.3 Å². The number of nitrogens with two attached hydrogens (primary N) is 1. The van der Waals surface area contributed by atoms with Gasteiger partial charge in [-0.25, -0.2) is 4.98 Å². The summed E-state index contributed by atoms with van der Waals surface area (Å²) in [5.41, 5.74) is 11.4.